The molecule has 3 aromatic rings. The lowest BCUT2D eigenvalue weighted by molar-refractivity contribution is -0.118. The molecule has 0 saturated carbocycles. The van der Waals surface area contributed by atoms with Crippen molar-refractivity contribution in [2.45, 2.75) is 19.4 Å². The van der Waals surface area contributed by atoms with Crippen LogP contribution in [0.5, 0.6) is 5.75 Å². The van der Waals surface area contributed by atoms with Crippen molar-refractivity contribution in [2.75, 3.05) is 16.8 Å². The van der Waals surface area contributed by atoms with Crippen LogP contribution in [-0.4, -0.2) is 18.6 Å². The SMILES string of the molecule is CC1Cc2ccccc2N1c1ccc(NC(=O)COc2ccccc2)cc1. The largest absolute Gasteiger partial charge is 0.484 e. The van der Waals surface area contributed by atoms with Gasteiger partial charge in [-0.2, -0.15) is 0 Å². The standard InChI is InChI=1S/C23H22N2O2/c1-17-15-18-7-5-6-10-22(18)25(17)20-13-11-19(12-14-20)24-23(26)16-27-21-8-3-2-4-9-21/h2-14,17H,15-16H2,1H3,(H,24,26). The second-order valence-electron chi connectivity index (χ2n) is 6.75. The molecular weight excluding hydrogens is 336 g/mol. The molecule has 1 unspecified atom stereocenters. The number of amides is 1. The number of hydrogen-bond acceptors (Lipinski definition) is 3. The Morgan fingerprint density at radius 2 is 1.70 bits per heavy atom. The lowest BCUT2D eigenvalue weighted by Gasteiger charge is -2.25. The van der Waals surface area contributed by atoms with Crippen molar-refractivity contribution < 1.29 is 9.53 Å². The minimum Gasteiger partial charge on any atom is -0.484 e. The number of para-hydroxylation sites is 2. The maximum atomic E-state index is 12.1. The molecule has 1 N–H and O–H groups in total. The molecule has 1 atom stereocenters. The van der Waals surface area contributed by atoms with E-state index in [1.54, 1.807) is 0 Å². The van der Waals surface area contributed by atoms with E-state index in [9.17, 15) is 4.79 Å². The van der Waals surface area contributed by atoms with E-state index in [1.165, 1.54) is 11.3 Å². The number of carbonyl (C=O) groups is 1. The van der Waals surface area contributed by atoms with E-state index < -0.39 is 0 Å². The highest BCUT2D eigenvalue weighted by Crippen LogP contribution is 2.38. The maximum Gasteiger partial charge on any atom is 0.262 e. The van der Waals surface area contributed by atoms with Crippen LogP contribution in [-0.2, 0) is 11.2 Å². The minimum absolute atomic E-state index is 0.0116. The third-order valence-electron chi connectivity index (χ3n) is 4.75. The molecule has 4 nitrogen and oxygen atoms in total. The van der Waals surface area contributed by atoms with Crippen LogP contribution in [0.15, 0.2) is 78.9 Å². The molecule has 1 aliphatic heterocycles. The van der Waals surface area contributed by atoms with E-state index in [1.807, 2.05) is 54.6 Å². The molecule has 4 heteroatoms. The van der Waals surface area contributed by atoms with Crippen molar-refractivity contribution in [2.24, 2.45) is 0 Å². The van der Waals surface area contributed by atoms with Crippen molar-refractivity contribution >= 4 is 23.0 Å². The van der Waals surface area contributed by atoms with Gasteiger partial charge in [0, 0.05) is 23.1 Å². The van der Waals surface area contributed by atoms with Gasteiger partial charge < -0.3 is 15.0 Å². The molecule has 0 aliphatic carbocycles. The average molecular weight is 358 g/mol. The zero-order valence-electron chi connectivity index (χ0n) is 15.3. The Kier molecular flexibility index (Phi) is 4.79. The van der Waals surface area contributed by atoms with E-state index in [-0.39, 0.29) is 12.5 Å². The van der Waals surface area contributed by atoms with Gasteiger partial charge in [0.25, 0.3) is 5.91 Å². The zero-order chi connectivity index (χ0) is 18.6. The highest BCUT2D eigenvalue weighted by Gasteiger charge is 2.26. The van der Waals surface area contributed by atoms with Gasteiger partial charge in [-0.1, -0.05) is 36.4 Å². The molecular formula is C23H22N2O2. The molecule has 3 aromatic carbocycles. The molecule has 0 saturated heterocycles. The molecule has 136 valence electrons. The van der Waals surface area contributed by atoms with Crippen molar-refractivity contribution in [1.82, 2.24) is 0 Å². The molecule has 1 amide bonds. The lowest BCUT2D eigenvalue weighted by Crippen LogP contribution is -2.24. The fourth-order valence-electron chi connectivity index (χ4n) is 3.53. The van der Waals surface area contributed by atoms with Crippen molar-refractivity contribution in [3.63, 3.8) is 0 Å². The fraction of sp³-hybridized carbons (Fsp3) is 0.174. The summed E-state index contributed by atoms with van der Waals surface area (Å²) in [6, 6.07) is 26.2. The van der Waals surface area contributed by atoms with Gasteiger partial charge in [0.15, 0.2) is 6.61 Å². The van der Waals surface area contributed by atoms with Crippen molar-refractivity contribution in [1.29, 1.82) is 0 Å². The number of anilines is 3. The van der Waals surface area contributed by atoms with Gasteiger partial charge >= 0.3 is 0 Å². The summed E-state index contributed by atoms with van der Waals surface area (Å²) in [5.41, 5.74) is 4.53. The van der Waals surface area contributed by atoms with Crippen LogP contribution >= 0.6 is 0 Å². The van der Waals surface area contributed by atoms with Gasteiger partial charge in [0.1, 0.15) is 5.75 Å². The van der Waals surface area contributed by atoms with Crippen LogP contribution in [0.2, 0.25) is 0 Å². The predicted octanol–water partition coefficient (Wildman–Crippen LogP) is 4.79. The van der Waals surface area contributed by atoms with Crippen LogP contribution in [0.4, 0.5) is 17.1 Å². The number of ether oxygens (including phenoxy) is 1. The first-order valence-electron chi connectivity index (χ1n) is 9.15. The monoisotopic (exact) mass is 358 g/mol. The van der Waals surface area contributed by atoms with E-state index in [0.717, 1.165) is 17.8 Å². The molecule has 0 radical (unpaired) electrons. The first-order chi connectivity index (χ1) is 13.2. The molecule has 0 fully saturated rings. The molecule has 0 bridgehead atoms. The highest BCUT2D eigenvalue weighted by atomic mass is 16.5. The predicted molar refractivity (Wildman–Crippen MR) is 109 cm³/mol. The van der Waals surface area contributed by atoms with Gasteiger partial charge in [-0.15, -0.1) is 0 Å². The van der Waals surface area contributed by atoms with Crippen LogP contribution < -0.4 is 15.0 Å². The number of benzene rings is 3. The lowest BCUT2D eigenvalue weighted by atomic mass is 10.1. The summed E-state index contributed by atoms with van der Waals surface area (Å²) in [5.74, 6) is 0.510. The summed E-state index contributed by atoms with van der Waals surface area (Å²) in [6.07, 6.45) is 1.05. The van der Waals surface area contributed by atoms with E-state index in [0.29, 0.717) is 11.8 Å². The number of fused-ring (bicyclic) bond motifs is 1. The molecule has 4 rings (SSSR count). The Balaban J connectivity index is 1.40. The number of nitrogens with zero attached hydrogens (tertiary/aromatic N) is 1. The smallest absolute Gasteiger partial charge is 0.262 e. The topological polar surface area (TPSA) is 41.6 Å². The summed E-state index contributed by atoms with van der Waals surface area (Å²) >= 11 is 0. The highest BCUT2D eigenvalue weighted by molar-refractivity contribution is 5.92. The van der Waals surface area contributed by atoms with Gasteiger partial charge in [-0.25, -0.2) is 0 Å². The van der Waals surface area contributed by atoms with E-state index in [4.69, 9.17) is 4.74 Å². The fourth-order valence-corrected chi connectivity index (χ4v) is 3.53. The first kappa shape index (κ1) is 17.2. The van der Waals surface area contributed by atoms with Gasteiger partial charge in [-0.05, 0) is 61.4 Å². The second kappa shape index (κ2) is 7.54. The quantitative estimate of drug-likeness (QED) is 0.713. The molecule has 0 aromatic heterocycles. The van der Waals surface area contributed by atoms with Gasteiger partial charge in [0.2, 0.25) is 0 Å². The second-order valence-corrected chi connectivity index (χ2v) is 6.75. The molecule has 1 heterocycles. The summed E-state index contributed by atoms with van der Waals surface area (Å²) in [5, 5.41) is 2.88. The maximum absolute atomic E-state index is 12.1. The Hall–Kier alpha value is -3.27. The van der Waals surface area contributed by atoms with E-state index in [2.05, 4.69) is 41.4 Å². The molecule has 27 heavy (non-hydrogen) atoms. The summed E-state index contributed by atoms with van der Waals surface area (Å²) in [7, 11) is 0. The number of rotatable bonds is 5. The van der Waals surface area contributed by atoms with Crippen molar-refractivity contribution in [3.8, 4) is 5.75 Å². The third-order valence-corrected chi connectivity index (χ3v) is 4.75. The third kappa shape index (κ3) is 3.80. The van der Waals surface area contributed by atoms with Crippen LogP contribution in [0.1, 0.15) is 12.5 Å². The Labute approximate surface area is 159 Å². The number of carbonyl (C=O) groups excluding carboxylic acids is 1. The average Bonchev–Trinajstić information content (AvgIpc) is 3.04. The zero-order valence-corrected chi connectivity index (χ0v) is 15.3. The Bertz CT molecular complexity index is 923. The normalized spacial score (nSPS) is 15.3. The summed E-state index contributed by atoms with van der Waals surface area (Å²) < 4.78 is 5.48. The van der Waals surface area contributed by atoms with Crippen LogP contribution in [0.3, 0.4) is 0 Å². The van der Waals surface area contributed by atoms with Gasteiger partial charge in [-0.3, -0.25) is 4.79 Å². The summed E-state index contributed by atoms with van der Waals surface area (Å²) in [6.45, 7) is 2.22. The van der Waals surface area contributed by atoms with Crippen LogP contribution in [0.25, 0.3) is 0 Å². The minimum atomic E-state index is -0.175. The Morgan fingerprint density at radius 3 is 2.48 bits per heavy atom. The van der Waals surface area contributed by atoms with E-state index >= 15 is 0 Å². The number of nitrogens with one attached hydrogen (secondary N) is 1. The summed E-state index contributed by atoms with van der Waals surface area (Å²) in [4.78, 5) is 14.4. The number of hydrogen-bond donors (Lipinski definition) is 1. The molecule has 0 spiro atoms. The van der Waals surface area contributed by atoms with Gasteiger partial charge in [0.05, 0.1) is 0 Å². The van der Waals surface area contributed by atoms with Crippen LogP contribution in [0, 0.1) is 0 Å². The molecule has 1 aliphatic rings. The Morgan fingerprint density at radius 1 is 1.00 bits per heavy atom. The van der Waals surface area contributed by atoms with Crippen molar-refractivity contribution in [3.05, 3.63) is 84.4 Å². The first-order valence-corrected chi connectivity index (χ1v) is 9.15.